The summed E-state index contributed by atoms with van der Waals surface area (Å²) in [6.45, 7) is 1.89. The number of amidine groups is 1. The molecule has 0 amide bonds. The van der Waals surface area contributed by atoms with E-state index in [2.05, 4.69) is 14.8 Å². The summed E-state index contributed by atoms with van der Waals surface area (Å²) in [4.78, 5) is 4.51. The number of halogens is 1. The van der Waals surface area contributed by atoms with Crippen molar-refractivity contribution in [1.29, 1.82) is 0 Å². The summed E-state index contributed by atoms with van der Waals surface area (Å²) in [5, 5.41) is 14.0. The molecule has 0 aliphatic rings. The molecule has 26 heavy (non-hydrogen) atoms. The van der Waals surface area contributed by atoms with Crippen molar-refractivity contribution in [1.82, 2.24) is 14.8 Å². The van der Waals surface area contributed by atoms with Gasteiger partial charge in [-0.2, -0.15) is 0 Å². The van der Waals surface area contributed by atoms with Crippen LogP contribution in [0.4, 0.5) is 4.39 Å². The summed E-state index contributed by atoms with van der Waals surface area (Å²) in [5.74, 6) is 5.64. The maximum absolute atomic E-state index is 12.9. The fourth-order valence-electron chi connectivity index (χ4n) is 2.01. The van der Waals surface area contributed by atoms with E-state index in [4.69, 9.17) is 16.7 Å². The number of aromatic nitrogens is 1. The molecule has 2 atom stereocenters. The molecule has 0 aliphatic carbocycles. The van der Waals surface area contributed by atoms with Crippen molar-refractivity contribution >= 4 is 16.8 Å². The quantitative estimate of drug-likeness (QED) is 0.227. The first-order valence-corrected chi connectivity index (χ1v) is 8.93. The number of hydrogen-bond donors (Lipinski definition) is 4. The Morgan fingerprint density at radius 2 is 2.08 bits per heavy atom. The van der Waals surface area contributed by atoms with Crippen LogP contribution in [-0.4, -0.2) is 38.4 Å². The monoisotopic (exact) mass is 380 g/mol. The van der Waals surface area contributed by atoms with E-state index in [1.54, 1.807) is 31.2 Å². The van der Waals surface area contributed by atoms with Gasteiger partial charge < -0.3 is 10.8 Å². The van der Waals surface area contributed by atoms with Crippen LogP contribution >= 0.6 is 0 Å². The van der Waals surface area contributed by atoms with Gasteiger partial charge in [0.1, 0.15) is 22.8 Å². The molecule has 1 heterocycles. The molecule has 8 nitrogen and oxygen atoms in total. The van der Waals surface area contributed by atoms with Crippen LogP contribution in [0.5, 0.6) is 0 Å². The lowest BCUT2D eigenvalue weighted by atomic mass is 10.2. The lowest BCUT2D eigenvalue weighted by Crippen LogP contribution is -2.32. The summed E-state index contributed by atoms with van der Waals surface area (Å²) >= 11 is 0. The molecular formula is C16H21FN6O2S. The van der Waals surface area contributed by atoms with E-state index in [-0.39, 0.29) is 19.0 Å². The number of nitrogens with two attached hydrogens (primary N) is 2. The second-order valence-corrected chi connectivity index (χ2v) is 6.65. The van der Waals surface area contributed by atoms with Crippen LogP contribution in [0.15, 0.2) is 52.6 Å². The Balaban J connectivity index is 2.08. The average molecular weight is 380 g/mol. The normalized spacial score (nSPS) is 14.1. The molecule has 0 aliphatic heterocycles. The van der Waals surface area contributed by atoms with Crippen molar-refractivity contribution in [2.75, 3.05) is 13.2 Å². The van der Waals surface area contributed by atoms with Gasteiger partial charge in [-0.1, -0.05) is 0 Å². The second kappa shape index (κ2) is 9.34. The van der Waals surface area contributed by atoms with E-state index in [0.717, 1.165) is 11.3 Å². The van der Waals surface area contributed by atoms with Gasteiger partial charge in [0.25, 0.3) is 0 Å². The third-order valence-electron chi connectivity index (χ3n) is 3.51. The van der Waals surface area contributed by atoms with Crippen LogP contribution in [0.2, 0.25) is 0 Å². The summed E-state index contributed by atoms with van der Waals surface area (Å²) in [5.41, 5.74) is 7.11. The molecule has 6 N–H and O–H groups in total. The number of nitrogens with one attached hydrogen (secondary N) is 1. The minimum atomic E-state index is -1.41. The Kier molecular flexibility index (Phi) is 7.16. The molecule has 0 saturated carbocycles. The van der Waals surface area contributed by atoms with Crippen LogP contribution in [0.1, 0.15) is 24.2 Å². The SMILES string of the molecule is CC(c1ccc(F)cn1)N(N)/N=C(\N)c1ccc(S(=O)NCCO)cc1. The smallest absolute Gasteiger partial charge is 0.152 e. The molecule has 2 unspecified atom stereocenters. The van der Waals surface area contributed by atoms with Crippen molar-refractivity contribution < 1.29 is 13.7 Å². The highest BCUT2D eigenvalue weighted by Gasteiger charge is 2.13. The first kappa shape index (κ1) is 19.9. The third kappa shape index (κ3) is 5.30. The first-order chi connectivity index (χ1) is 12.4. The van der Waals surface area contributed by atoms with Gasteiger partial charge >= 0.3 is 0 Å². The fraction of sp³-hybridized carbons (Fsp3) is 0.250. The van der Waals surface area contributed by atoms with Crippen molar-refractivity contribution in [3.63, 3.8) is 0 Å². The molecule has 0 fully saturated rings. The minimum absolute atomic E-state index is 0.100. The summed E-state index contributed by atoms with van der Waals surface area (Å²) < 4.78 is 27.5. The predicted octanol–water partition coefficient (Wildman–Crippen LogP) is 0.382. The van der Waals surface area contributed by atoms with E-state index >= 15 is 0 Å². The maximum Gasteiger partial charge on any atom is 0.152 e. The van der Waals surface area contributed by atoms with Gasteiger partial charge in [-0.3, -0.25) is 4.98 Å². The van der Waals surface area contributed by atoms with Gasteiger partial charge in [0.15, 0.2) is 5.84 Å². The van der Waals surface area contributed by atoms with Gasteiger partial charge in [0.05, 0.1) is 23.4 Å². The van der Waals surface area contributed by atoms with E-state index < -0.39 is 22.8 Å². The first-order valence-electron chi connectivity index (χ1n) is 7.78. The number of hydrogen-bond acceptors (Lipinski definition) is 6. The molecule has 0 radical (unpaired) electrons. The molecule has 0 spiro atoms. The predicted molar refractivity (Wildman–Crippen MR) is 97.3 cm³/mol. The topological polar surface area (TPSA) is 130 Å². The third-order valence-corrected chi connectivity index (χ3v) is 4.67. The largest absolute Gasteiger partial charge is 0.395 e. The molecule has 140 valence electrons. The highest BCUT2D eigenvalue weighted by molar-refractivity contribution is 7.83. The molecule has 2 rings (SSSR count). The van der Waals surface area contributed by atoms with Crippen molar-refractivity contribution in [2.24, 2.45) is 16.7 Å². The number of aliphatic hydroxyl groups is 1. The highest BCUT2D eigenvalue weighted by Crippen LogP contribution is 2.16. The molecule has 10 heteroatoms. The van der Waals surface area contributed by atoms with Gasteiger partial charge in [-0.05, 0) is 43.3 Å². The zero-order valence-electron chi connectivity index (χ0n) is 14.2. The number of nitrogens with zero attached hydrogens (tertiary/aromatic N) is 3. The number of pyridine rings is 1. The Labute approximate surface area is 153 Å². The van der Waals surface area contributed by atoms with E-state index in [1.807, 2.05) is 0 Å². The van der Waals surface area contributed by atoms with Crippen LogP contribution in [0.25, 0.3) is 0 Å². The maximum atomic E-state index is 12.9. The summed E-state index contributed by atoms with van der Waals surface area (Å²) in [6.07, 6.45) is 1.11. The van der Waals surface area contributed by atoms with Gasteiger partial charge in [0, 0.05) is 12.1 Å². The zero-order chi connectivity index (χ0) is 19.1. The summed E-state index contributed by atoms with van der Waals surface area (Å²) in [6, 6.07) is 9.03. The lowest BCUT2D eigenvalue weighted by molar-refractivity contribution is 0.223. The second-order valence-electron chi connectivity index (χ2n) is 5.35. The molecular weight excluding hydrogens is 359 g/mol. The highest BCUT2D eigenvalue weighted by atomic mass is 32.2. The van der Waals surface area contributed by atoms with Gasteiger partial charge in [-0.25, -0.2) is 24.3 Å². The number of rotatable bonds is 8. The number of aliphatic hydroxyl groups excluding tert-OH is 1. The number of benzene rings is 1. The average Bonchev–Trinajstić information content (AvgIpc) is 2.66. The number of hydrazone groups is 1. The van der Waals surface area contributed by atoms with Crippen LogP contribution in [0, 0.1) is 5.82 Å². The fourth-order valence-corrected chi connectivity index (χ4v) is 2.84. The molecule has 2 aromatic rings. The Bertz CT molecular complexity index is 769. The molecule has 1 aromatic heterocycles. The van der Waals surface area contributed by atoms with E-state index in [1.165, 1.54) is 12.1 Å². The summed E-state index contributed by atoms with van der Waals surface area (Å²) in [7, 11) is -1.41. The Hall–Kier alpha value is -2.40. The molecule has 0 bridgehead atoms. The zero-order valence-corrected chi connectivity index (χ0v) is 15.0. The van der Waals surface area contributed by atoms with Gasteiger partial charge in [0.2, 0.25) is 0 Å². The van der Waals surface area contributed by atoms with Crippen LogP contribution in [-0.2, 0) is 11.0 Å². The van der Waals surface area contributed by atoms with Gasteiger partial charge in [-0.15, -0.1) is 5.10 Å². The Morgan fingerprint density at radius 1 is 1.38 bits per heavy atom. The van der Waals surface area contributed by atoms with Crippen LogP contribution < -0.4 is 16.3 Å². The minimum Gasteiger partial charge on any atom is -0.395 e. The van der Waals surface area contributed by atoms with E-state index in [9.17, 15) is 8.60 Å². The van der Waals surface area contributed by atoms with Crippen molar-refractivity contribution in [2.45, 2.75) is 17.9 Å². The Morgan fingerprint density at radius 3 is 2.65 bits per heavy atom. The van der Waals surface area contributed by atoms with Crippen molar-refractivity contribution in [3.8, 4) is 0 Å². The molecule has 1 aromatic carbocycles. The van der Waals surface area contributed by atoms with E-state index in [0.29, 0.717) is 16.2 Å². The standard InChI is InChI=1S/C16H21FN6O2S/c1-11(15-7-4-13(17)10-20-15)23(19)22-16(18)12-2-5-14(6-3-12)26(25)21-8-9-24/h2-7,10-11,21,24H,8-9,19H2,1H3,(H2,18,22). The van der Waals surface area contributed by atoms with Crippen LogP contribution in [0.3, 0.4) is 0 Å². The van der Waals surface area contributed by atoms with Crippen molar-refractivity contribution in [3.05, 3.63) is 59.7 Å². The lowest BCUT2D eigenvalue weighted by Gasteiger charge is -2.21. The number of hydrazine groups is 1. The molecule has 0 saturated heterocycles.